The van der Waals surface area contributed by atoms with E-state index in [9.17, 15) is 14.9 Å². The summed E-state index contributed by atoms with van der Waals surface area (Å²) in [5.74, 6) is -0.262. The molecule has 0 aliphatic rings. The summed E-state index contributed by atoms with van der Waals surface area (Å²) in [6.45, 7) is 1.49. The highest BCUT2D eigenvalue weighted by molar-refractivity contribution is 8.00. The molecule has 1 aromatic heterocycles. The Hall–Kier alpha value is -3.63. The second-order valence-electron chi connectivity index (χ2n) is 7.83. The third-order valence-corrected chi connectivity index (χ3v) is 6.79. The lowest BCUT2D eigenvalue weighted by atomic mass is 9.99. The van der Waals surface area contributed by atoms with Gasteiger partial charge in [-0.1, -0.05) is 59.2 Å². The Bertz CT molecular complexity index is 1460. The number of nitrogens with one attached hydrogen (secondary N) is 1. The van der Waals surface area contributed by atoms with Gasteiger partial charge in [-0.25, -0.2) is 4.98 Å². The number of halogens is 2. The zero-order valence-electron chi connectivity index (χ0n) is 19.1. The molecule has 0 spiro atoms. The minimum absolute atomic E-state index is 0.0419. The van der Waals surface area contributed by atoms with E-state index < -0.39 is 0 Å². The molecule has 0 aliphatic carbocycles. The smallest absolute Gasteiger partial charge is 0.234 e. The van der Waals surface area contributed by atoms with Crippen molar-refractivity contribution in [3.8, 4) is 28.5 Å². The zero-order chi connectivity index (χ0) is 25.7. The monoisotopic (exact) mass is 531 g/mol. The van der Waals surface area contributed by atoms with Gasteiger partial charge in [0.1, 0.15) is 11.1 Å². The van der Waals surface area contributed by atoms with Crippen LogP contribution in [0.15, 0.2) is 83.9 Å². The number of pyridine rings is 1. The van der Waals surface area contributed by atoms with E-state index in [2.05, 4.69) is 11.4 Å². The first-order valence-electron chi connectivity index (χ1n) is 10.8. The highest BCUT2D eigenvalue weighted by Gasteiger charge is 2.17. The van der Waals surface area contributed by atoms with Crippen LogP contribution in [-0.4, -0.2) is 22.4 Å². The molecule has 0 radical (unpaired) electrons. The van der Waals surface area contributed by atoms with Gasteiger partial charge < -0.3 is 5.32 Å². The van der Waals surface area contributed by atoms with E-state index in [-0.39, 0.29) is 17.4 Å². The van der Waals surface area contributed by atoms with Gasteiger partial charge in [0, 0.05) is 32.4 Å². The van der Waals surface area contributed by atoms with E-state index in [0.29, 0.717) is 43.1 Å². The van der Waals surface area contributed by atoms with Crippen LogP contribution in [0.4, 0.5) is 5.69 Å². The quantitative estimate of drug-likeness (QED) is 0.197. The van der Waals surface area contributed by atoms with Crippen LogP contribution in [0.25, 0.3) is 22.4 Å². The second-order valence-corrected chi connectivity index (χ2v) is 9.67. The number of hydrogen-bond donors (Lipinski definition) is 1. The molecule has 8 heteroatoms. The summed E-state index contributed by atoms with van der Waals surface area (Å²) < 4.78 is 0. The first-order valence-corrected chi connectivity index (χ1v) is 12.6. The maximum absolute atomic E-state index is 12.7. The SMILES string of the molecule is CC(=O)c1ccc(NC(=O)CSc2nc(-c3ccc(Cl)cc3)cc(-c3ccc(Cl)cc3)c2C#N)cc1. The van der Waals surface area contributed by atoms with Crippen LogP contribution in [0, 0.1) is 11.3 Å². The van der Waals surface area contributed by atoms with E-state index >= 15 is 0 Å². The van der Waals surface area contributed by atoms with Crippen molar-refractivity contribution in [2.45, 2.75) is 11.9 Å². The van der Waals surface area contributed by atoms with Gasteiger partial charge in [0.05, 0.1) is 17.0 Å². The van der Waals surface area contributed by atoms with Gasteiger partial charge in [0.25, 0.3) is 0 Å². The number of thioether (sulfide) groups is 1. The van der Waals surface area contributed by atoms with Gasteiger partial charge >= 0.3 is 0 Å². The van der Waals surface area contributed by atoms with Crippen molar-refractivity contribution in [1.29, 1.82) is 5.26 Å². The largest absolute Gasteiger partial charge is 0.325 e. The fourth-order valence-electron chi connectivity index (χ4n) is 3.48. The minimum Gasteiger partial charge on any atom is -0.325 e. The number of rotatable bonds is 7. The number of benzene rings is 3. The Morgan fingerprint density at radius 2 is 1.50 bits per heavy atom. The molecule has 1 amide bonds. The Morgan fingerprint density at radius 1 is 0.917 bits per heavy atom. The van der Waals surface area contributed by atoms with Crippen LogP contribution in [0.1, 0.15) is 22.8 Å². The number of aromatic nitrogens is 1. The number of anilines is 1. The van der Waals surface area contributed by atoms with E-state index in [1.807, 2.05) is 30.3 Å². The molecule has 0 bridgehead atoms. The lowest BCUT2D eigenvalue weighted by molar-refractivity contribution is -0.113. The van der Waals surface area contributed by atoms with Crippen LogP contribution in [-0.2, 0) is 4.79 Å². The lowest BCUT2D eigenvalue weighted by Gasteiger charge is -2.13. The molecular weight excluding hydrogens is 513 g/mol. The second kappa shape index (κ2) is 11.4. The number of nitriles is 1. The molecule has 1 heterocycles. The molecule has 5 nitrogen and oxygen atoms in total. The van der Waals surface area contributed by atoms with Crippen LogP contribution in [0.5, 0.6) is 0 Å². The molecule has 3 aromatic carbocycles. The molecule has 36 heavy (non-hydrogen) atoms. The van der Waals surface area contributed by atoms with E-state index in [1.165, 1.54) is 18.7 Å². The van der Waals surface area contributed by atoms with Gasteiger partial charge in [0.2, 0.25) is 5.91 Å². The molecule has 1 N–H and O–H groups in total. The molecule has 0 saturated carbocycles. The highest BCUT2D eigenvalue weighted by Crippen LogP contribution is 2.35. The van der Waals surface area contributed by atoms with Gasteiger partial charge in [-0.05, 0) is 67.1 Å². The summed E-state index contributed by atoms with van der Waals surface area (Å²) in [6.07, 6.45) is 0. The summed E-state index contributed by atoms with van der Waals surface area (Å²) in [5.41, 5.74) is 4.50. The molecule has 0 fully saturated rings. The highest BCUT2D eigenvalue weighted by atomic mass is 35.5. The van der Waals surface area contributed by atoms with Crippen LogP contribution in [0.2, 0.25) is 10.0 Å². The van der Waals surface area contributed by atoms with Gasteiger partial charge in [-0.15, -0.1) is 0 Å². The number of ketones is 1. The predicted molar refractivity (Wildman–Crippen MR) is 146 cm³/mol. The molecule has 178 valence electrons. The molecule has 4 rings (SSSR count). The van der Waals surface area contributed by atoms with Crippen LogP contribution in [0.3, 0.4) is 0 Å². The van der Waals surface area contributed by atoms with Gasteiger partial charge in [0.15, 0.2) is 5.78 Å². The Kier molecular flexibility index (Phi) is 8.07. The molecule has 0 aliphatic heterocycles. The third-order valence-electron chi connectivity index (χ3n) is 5.31. The summed E-state index contributed by atoms with van der Waals surface area (Å²) in [6, 6.07) is 25.3. The van der Waals surface area contributed by atoms with Crippen molar-refractivity contribution in [2.75, 3.05) is 11.1 Å². The van der Waals surface area contributed by atoms with Gasteiger partial charge in [-0.2, -0.15) is 5.26 Å². The average Bonchev–Trinajstić information content (AvgIpc) is 2.88. The number of nitrogens with zero attached hydrogens (tertiary/aromatic N) is 2. The normalized spacial score (nSPS) is 10.5. The van der Waals surface area contributed by atoms with Crippen molar-refractivity contribution in [3.05, 3.63) is 100 Å². The first kappa shape index (κ1) is 25.5. The van der Waals surface area contributed by atoms with Crippen molar-refractivity contribution in [1.82, 2.24) is 4.98 Å². The van der Waals surface area contributed by atoms with Crippen LogP contribution >= 0.6 is 35.0 Å². The van der Waals surface area contributed by atoms with Gasteiger partial charge in [-0.3, -0.25) is 9.59 Å². The summed E-state index contributed by atoms with van der Waals surface area (Å²) in [4.78, 5) is 28.8. The first-order chi connectivity index (χ1) is 17.3. The van der Waals surface area contributed by atoms with Crippen molar-refractivity contribution in [3.63, 3.8) is 0 Å². The zero-order valence-corrected chi connectivity index (χ0v) is 21.4. The molecule has 4 aromatic rings. The molecular formula is C28H19Cl2N3O2S. The lowest BCUT2D eigenvalue weighted by Crippen LogP contribution is -2.14. The number of Topliss-reactive ketones (excluding diaryl/α,β-unsaturated/α-hetero) is 1. The standard InChI is InChI=1S/C28H19Cl2N3O2S/c1-17(34)18-6-12-23(13-7-18)32-27(35)16-36-28-25(15-31)24(19-2-8-21(29)9-3-19)14-26(33-28)20-4-10-22(30)11-5-20/h2-14H,16H2,1H3,(H,32,35). The number of carbonyl (C=O) groups is 2. The van der Waals surface area contributed by atoms with E-state index in [4.69, 9.17) is 28.2 Å². The Labute approximate surface area is 223 Å². The molecule has 0 saturated heterocycles. The Balaban J connectivity index is 1.64. The minimum atomic E-state index is -0.258. The molecule has 0 unspecified atom stereocenters. The maximum Gasteiger partial charge on any atom is 0.234 e. The summed E-state index contributed by atoms with van der Waals surface area (Å²) in [7, 11) is 0. The number of hydrogen-bond acceptors (Lipinski definition) is 5. The fourth-order valence-corrected chi connectivity index (χ4v) is 4.53. The Morgan fingerprint density at radius 3 is 2.06 bits per heavy atom. The maximum atomic E-state index is 12.7. The van der Waals surface area contributed by atoms with E-state index in [1.54, 1.807) is 48.5 Å². The van der Waals surface area contributed by atoms with Crippen molar-refractivity contribution in [2.24, 2.45) is 0 Å². The topological polar surface area (TPSA) is 82.8 Å². The molecule has 0 atom stereocenters. The van der Waals surface area contributed by atoms with Crippen LogP contribution < -0.4 is 5.32 Å². The average molecular weight is 532 g/mol. The predicted octanol–water partition coefficient (Wildman–Crippen LogP) is 7.53. The number of amides is 1. The van der Waals surface area contributed by atoms with Crippen molar-refractivity contribution < 1.29 is 9.59 Å². The third kappa shape index (κ3) is 6.13. The summed E-state index contributed by atoms with van der Waals surface area (Å²) in [5, 5.41) is 14.5. The number of carbonyl (C=O) groups excluding carboxylic acids is 2. The summed E-state index contributed by atoms with van der Waals surface area (Å²) >= 11 is 13.3. The van der Waals surface area contributed by atoms with E-state index in [0.717, 1.165) is 11.1 Å². The van der Waals surface area contributed by atoms with Crippen molar-refractivity contribution >= 4 is 52.3 Å². The fraction of sp³-hybridized carbons (Fsp3) is 0.0714.